The van der Waals surface area contributed by atoms with Crippen LogP contribution in [-0.2, 0) is 0 Å². The number of nitrogens with one attached hydrogen (secondary N) is 1. The van der Waals surface area contributed by atoms with E-state index in [1.165, 1.54) is 12.1 Å². The molecule has 2 nitrogen and oxygen atoms in total. The van der Waals surface area contributed by atoms with E-state index in [2.05, 4.69) is 12.2 Å². The van der Waals surface area contributed by atoms with E-state index in [-0.39, 0.29) is 18.5 Å². The molecule has 1 rings (SSSR count). The smallest absolute Gasteiger partial charge is 0.123 e. The quantitative estimate of drug-likeness (QED) is 0.699. The topological polar surface area (TPSA) is 32.3 Å². The van der Waals surface area contributed by atoms with Gasteiger partial charge in [-0.1, -0.05) is 12.1 Å². The maximum absolute atomic E-state index is 12.7. The molecule has 16 heavy (non-hydrogen) atoms. The van der Waals surface area contributed by atoms with Crippen LogP contribution in [0.4, 0.5) is 4.39 Å². The van der Waals surface area contributed by atoms with E-state index in [0.717, 1.165) is 31.4 Å². The van der Waals surface area contributed by atoms with Crippen molar-refractivity contribution < 1.29 is 9.50 Å². The normalized spacial score (nSPS) is 12.7. The fourth-order valence-electron chi connectivity index (χ4n) is 1.60. The van der Waals surface area contributed by atoms with Gasteiger partial charge in [-0.3, -0.25) is 0 Å². The molecule has 90 valence electrons. The first kappa shape index (κ1) is 13.1. The Kier molecular flexibility index (Phi) is 6.04. The van der Waals surface area contributed by atoms with Gasteiger partial charge in [-0.2, -0.15) is 0 Å². The molecule has 0 aliphatic carbocycles. The van der Waals surface area contributed by atoms with Crippen molar-refractivity contribution in [3.05, 3.63) is 35.6 Å². The summed E-state index contributed by atoms with van der Waals surface area (Å²) in [5.74, 6) is -0.195. The van der Waals surface area contributed by atoms with E-state index < -0.39 is 0 Å². The second-order valence-electron chi connectivity index (χ2n) is 4.01. The van der Waals surface area contributed by atoms with Crippen LogP contribution in [0, 0.1) is 5.82 Å². The van der Waals surface area contributed by atoms with Crippen molar-refractivity contribution in [1.29, 1.82) is 0 Å². The molecule has 1 atom stereocenters. The Morgan fingerprint density at radius 3 is 2.50 bits per heavy atom. The van der Waals surface area contributed by atoms with Gasteiger partial charge in [-0.15, -0.1) is 0 Å². The van der Waals surface area contributed by atoms with E-state index in [1.54, 1.807) is 12.1 Å². The maximum atomic E-state index is 12.7. The second kappa shape index (κ2) is 7.36. The molecule has 0 aliphatic rings. The Bertz CT molecular complexity index is 286. The lowest BCUT2D eigenvalue weighted by Gasteiger charge is -2.13. The van der Waals surface area contributed by atoms with Crippen molar-refractivity contribution >= 4 is 0 Å². The van der Waals surface area contributed by atoms with Gasteiger partial charge in [0.25, 0.3) is 0 Å². The Morgan fingerprint density at radius 2 is 1.88 bits per heavy atom. The molecule has 0 saturated carbocycles. The minimum atomic E-state index is -0.195. The van der Waals surface area contributed by atoms with E-state index in [9.17, 15) is 4.39 Å². The zero-order chi connectivity index (χ0) is 11.8. The number of aliphatic hydroxyl groups excluding tert-OH is 1. The number of benzene rings is 1. The Morgan fingerprint density at radius 1 is 1.19 bits per heavy atom. The molecule has 1 unspecified atom stereocenters. The minimum Gasteiger partial charge on any atom is -0.396 e. The number of halogens is 1. The lowest BCUT2D eigenvalue weighted by molar-refractivity contribution is 0.282. The number of hydrogen-bond acceptors (Lipinski definition) is 2. The highest BCUT2D eigenvalue weighted by Gasteiger charge is 2.03. The summed E-state index contributed by atoms with van der Waals surface area (Å²) in [4.78, 5) is 0. The molecule has 1 aromatic carbocycles. The molecule has 1 aromatic rings. The monoisotopic (exact) mass is 225 g/mol. The zero-order valence-corrected chi connectivity index (χ0v) is 9.75. The molecule has 0 saturated heterocycles. The van der Waals surface area contributed by atoms with Crippen LogP contribution in [0.15, 0.2) is 24.3 Å². The third kappa shape index (κ3) is 4.73. The summed E-state index contributed by atoms with van der Waals surface area (Å²) < 4.78 is 12.7. The summed E-state index contributed by atoms with van der Waals surface area (Å²) in [6.07, 6.45) is 2.97. The van der Waals surface area contributed by atoms with Gasteiger partial charge in [-0.05, 0) is 50.4 Å². The first-order chi connectivity index (χ1) is 7.74. The van der Waals surface area contributed by atoms with Crippen molar-refractivity contribution in [2.24, 2.45) is 0 Å². The number of hydrogen-bond donors (Lipinski definition) is 2. The summed E-state index contributed by atoms with van der Waals surface area (Å²) in [5.41, 5.74) is 1.10. The molecule has 0 radical (unpaired) electrons. The van der Waals surface area contributed by atoms with E-state index in [0.29, 0.717) is 0 Å². The average molecular weight is 225 g/mol. The predicted octanol–water partition coefficient (Wildman–Crippen LogP) is 2.64. The van der Waals surface area contributed by atoms with Gasteiger partial charge < -0.3 is 10.4 Å². The molecule has 0 aliphatic heterocycles. The predicted molar refractivity (Wildman–Crippen MR) is 63.8 cm³/mol. The third-order valence-electron chi connectivity index (χ3n) is 2.66. The first-order valence-corrected chi connectivity index (χ1v) is 5.83. The van der Waals surface area contributed by atoms with Gasteiger partial charge in [0.05, 0.1) is 0 Å². The number of unbranched alkanes of at least 4 members (excludes halogenated alkanes) is 2. The fourth-order valence-corrected chi connectivity index (χ4v) is 1.60. The molecule has 0 amide bonds. The first-order valence-electron chi connectivity index (χ1n) is 5.83. The standard InChI is InChI=1S/C13H20FNO/c1-11(15-9-3-2-4-10-16)12-5-7-13(14)8-6-12/h5-8,11,15-16H,2-4,9-10H2,1H3. The molecule has 0 heterocycles. The molecule has 0 bridgehead atoms. The SMILES string of the molecule is CC(NCCCCCO)c1ccc(F)cc1. The summed E-state index contributed by atoms with van der Waals surface area (Å²) in [6.45, 7) is 3.27. The molecular formula is C13H20FNO. The van der Waals surface area contributed by atoms with Crippen LogP contribution >= 0.6 is 0 Å². The largest absolute Gasteiger partial charge is 0.396 e. The van der Waals surface area contributed by atoms with Crippen LogP contribution in [0.3, 0.4) is 0 Å². The van der Waals surface area contributed by atoms with Crippen LogP contribution < -0.4 is 5.32 Å². The van der Waals surface area contributed by atoms with Crippen molar-refractivity contribution in [3.8, 4) is 0 Å². The van der Waals surface area contributed by atoms with Crippen molar-refractivity contribution in [3.63, 3.8) is 0 Å². The number of aliphatic hydroxyl groups is 1. The van der Waals surface area contributed by atoms with Crippen molar-refractivity contribution in [2.75, 3.05) is 13.2 Å². The highest BCUT2D eigenvalue weighted by atomic mass is 19.1. The highest BCUT2D eigenvalue weighted by Crippen LogP contribution is 2.12. The second-order valence-corrected chi connectivity index (χ2v) is 4.01. The van der Waals surface area contributed by atoms with E-state index >= 15 is 0 Å². The van der Waals surface area contributed by atoms with Crippen LogP contribution in [0.25, 0.3) is 0 Å². The Balaban J connectivity index is 2.24. The lowest BCUT2D eigenvalue weighted by Crippen LogP contribution is -2.19. The Labute approximate surface area is 96.5 Å². The van der Waals surface area contributed by atoms with Crippen LogP contribution in [0.2, 0.25) is 0 Å². The Hall–Kier alpha value is -0.930. The zero-order valence-electron chi connectivity index (χ0n) is 9.75. The van der Waals surface area contributed by atoms with E-state index in [1.807, 2.05) is 0 Å². The molecule has 0 fully saturated rings. The molecule has 3 heteroatoms. The van der Waals surface area contributed by atoms with Gasteiger partial charge in [-0.25, -0.2) is 4.39 Å². The van der Waals surface area contributed by atoms with Gasteiger partial charge in [0, 0.05) is 12.6 Å². The molecular weight excluding hydrogens is 205 g/mol. The van der Waals surface area contributed by atoms with Crippen LogP contribution in [0.5, 0.6) is 0 Å². The molecule has 2 N–H and O–H groups in total. The van der Waals surface area contributed by atoms with Gasteiger partial charge in [0.15, 0.2) is 0 Å². The summed E-state index contributed by atoms with van der Waals surface area (Å²) in [5, 5.41) is 12.0. The summed E-state index contributed by atoms with van der Waals surface area (Å²) in [6, 6.07) is 6.83. The summed E-state index contributed by atoms with van der Waals surface area (Å²) in [7, 11) is 0. The van der Waals surface area contributed by atoms with Crippen molar-refractivity contribution in [1.82, 2.24) is 5.32 Å². The van der Waals surface area contributed by atoms with E-state index in [4.69, 9.17) is 5.11 Å². The van der Waals surface area contributed by atoms with Gasteiger partial charge in [0.2, 0.25) is 0 Å². The van der Waals surface area contributed by atoms with Crippen LogP contribution in [-0.4, -0.2) is 18.3 Å². The number of rotatable bonds is 7. The highest BCUT2D eigenvalue weighted by molar-refractivity contribution is 5.19. The average Bonchev–Trinajstić information content (AvgIpc) is 2.29. The lowest BCUT2D eigenvalue weighted by atomic mass is 10.1. The van der Waals surface area contributed by atoms with Crippen LogP contribution in [0.1, 0.15) is 37.8 Å². The molecule has 0 spiro atoms. The minimum absolute atomic E-state index is 0.195. The van der Waals surface area contributed by atoms with Crippen molar-refractivity contribution in [2.45, 2.75) is 32.2 Å². The summed E-state index contributed by atoms with van der Waals surface area (Å²) >= 11 is 0. The third-order valence-corrected chi connectivity index (χ3v) is 2.66. The maximum Gasteiger partial charge on any atom is 0.123 e. The molecule has 0 aromatic heterocycles. The van der Waals surface area contributed by atoms with Gasteiger partial charge in [0.1, 0.15) is 5.82 Å². The van der Waals surface area contributed by atoms with Gasteiger partial charge >= 0.3 is 0 Å². The fraction of sp³-hybridized carbons (Fsp3) is 0.538.